The van der Waals surface area contributed by atoms with Crippen LogP contribution < -0.4 is 0 Å². The van der Waals surface area contributed by atoms with Crippen LogP contribution in [0.5, 0.6) is 0 Å². The van der Waals surface area contributed by atoms with E-state index in [1.54, 1.807) is 20.4 Å². The Bertz CT molecular complexity index is 496. The van der Waals surface area contributed by atoms with Crippen LogP contribution in [0.2, 0.25) is 0 Å². The fourth-order valence-corrected chi connectivity index (χ4v) is 1.99. The van der Waals surface area contributed by atoms with E-state index in [2.05, 4.69) is 14.5 Å². The monoisotopic (exact) mass is 249 g/mol. The first-order valence-corrected chi connectivity index (χ1v) is 6.15. The average molecular weight is 249 g/mol. The third kappa shape index (κ3) is 2.86. The van der Waals surface area contributed by atoms with Crippen molar-refractivity contribution in [1.82, 2.24) is 14.5 Å². The third-order valence-electron chi connectivity index (χ3n) is 2.85. The topological polar surface area (TPSA) is 49.2 Å². The molecule has 0 amide bonds. The second-order valence-electron chi connectivity index (χ2n) is 4.11. The van der Waals surface area contributed by atoms with Crippen molar-refractivity contribution in [2.45, 2.75) is 19.4 Å². The van der Waals surface area contributed by atoms with E-state index in [-0.39, 0.29) is 0 Å². The minimum absolute atomic E-state index is 0.666. The summed E-state index contributed by atoms with van der Waals surface area (Å²) >= 11 is 0. The highest BCUT2D eigenvalue weighted by molar-refractivity contribution is 5.71. The average Bonchev–Trinajstić information content (AvgIpc) is 2.74. The Kier molecular flexibility index (Phi) is 4.66. The fraction of sp³-hybridized carbons (Fsp3) is 0.538. The summed E-state index contributed by atoms with van der Waals surface area (Å²) in [5, 5.41) is 0. The molecule has 0 fully saturated rings. The van der Waals surface area contributed by atoms with Crippen molar-refractivity contribution < 1.29 is 9.47 Å². The lowest BCUT2D eigenvalue weighted by Gasteiger charge is -2.07. The van der Waals surface area contributed by atoms with Gasteiger partial charge in [0.2, 0.25) is 0 Å². The molecule has 5 nitrogen and oxygen atoms in total. The molecule has 0 saturated carbocycles. The van der Waals surface area contributed by atoms with Crippen molar-refractivity contribution in [2.24, 2.45) is 0 Å². The highest BCUT2D eigenvalue weighted by Gasteiger charge is 2.10. The first kappa shape index (κ1) is 13.0. The first-order valence-electron chi connectivity index (χ1n) is 6.15. The van der Waals surface area contributed by atoms with Crippen LogP contribution in [-0.2, 0) is 22.4 Å². The molecule has 5 heteroatoms. The van der Waals surface area contributed by atoms with Crippen LogP contribution in [0, 0.1) is 0 Å². The van der Waals surface area contributed by atoms with Crippen molar-refractivity contribution in [1.29, 1.82) is 0 Å². The van der Waals surface area contributed by atoms with Gasteiger partial charge >= 0.3 is 0 Å². The molecule has 0 saturated heterocycles. The summed E-state index contributed by atoms with van der Waals surface area (Å²) in [6.07, 6.45) is 3.66. The number of aryl methyl sites for hydroxylation is 1. The molecule has 2 heterocycles. The zero-order valence-corrected chi connectivity index (χ0v) is 10.9. The molecule has 0 N–H and O–H groups in total. The van der Waals surface area contributed by atoms with Crippen LogP contribution in [0.4, 0.5) is 0 Å². The van der Waals surface area contributed by atoms with Crippen LogP contribution in [0.15, 0.2) is 18.3 Å². The van der Waals surface area contributed by atoms with Crippen molar-refractivity contribution >= 4 is 11.2 Å². The second kappa shape index (κ2) is 6.47. The number of fused-ring (bicyclic) bond motifs is 1. The van der Waals surface area contributed by atoms with E-state index in [0.29, 0.717) is 6.61 Å². The predicted molar refractivity (Wildman–Crippen MR) is 69.6 cm³/mol. The standard InChI is InChI=1S/C13H19N3O2/c1-17-9-4-6-12-15-11-5-3-7-14-13(11)16(12)8-10-18-2/h3,5,7H,4,6,8-10H2,1-2H3. The van der Waals surface area contributed by atoms with Crippen LogP contribution in [0.25, 0.3) is 11.2 Å². The summed E-state index contributed by atoms with van der Waals surface area (Å²) in [7, 11) is 3.42. The molecule has 98 valence electrons. The maximum atomic E-state index is 5.14. The molecule has 2 aromatic heterocycles. The number of aromatic nitrogens is 3. The number of nitrogens with zero attached hydrogens (tertiary/aromatic N) is 3. The number of ether oxygens (including phenoxy) is 2. The smallest absolute Gasteiger partial charge is 0.160 e. The minimum atomic E-state index is 0.666. The van der Waals surface area contributed by atoms with Crippen molar-refractivity contribution in [3.63, 3.8) is 0 Å². The molecular formula is C13H19N3O2. The number of pyridine rings is 1. The van der Waals surface area contributed by atoms with Gasteiger partial charge in [-0.15, -0.1) is 0 Å². The maximum absolute atomic E-state index is 5.14. The molecule has 18 heavy (non-hydrogen) atoms. The Morgan fingerprint density at radius 2 is 2.06 bits per heavy atom. The molecule has 0 aromatic carbocycles. The van der Waals surface area contributed by atoms with Crippen molar-refractivity contribution in [3.8, 4) is 0 Å². The molecule has 0 aliphatic heterocycles. The Labute approximate surface area is 107 Å². The quantitative estimate of drug-likeness (QED) is 0.700. The summed E-state index contributed by atoms with van der Waals surface area (Å²) in [6, 6.07) is 3.90. The van der Waals surface area contributed by atoms with Gasteiger partial charge in [-0.2, -0.15) is 0 Å². The van der Waals surface area contributed by atoms with Gasteiger partial charge in [0.05, 0.1) is 6.61 Å². The number of methoxy groups -OCH3 is 2. The van der Waals surface area contributed by atoms with Gasteiger partial charge in [0.15, 0.2) is 5.65 Å². The first-order chi connectivity index (χ1) is 8.86. The molecule has 0 atom stereocenters. The summed E-state index contributed by atoms with van der Waals surface area (Å²) in [5.74, 6) is 1.05. The van der Waals surface area contributed by atoms with Gasteiger partial charge in [-0.1, -0.05) is 0 Å². The normalized spacial score (nSPS) is 11.2. The van der Waals surface area contributed by atoms with E-state index >= 15 is 0 Å². The Hall–Kier alpha value is -1.46. The SMILES string of the molecule is COCCCc1nc2cccnc2n1CCOC. The van der Waals surface area contributed by atoms with E-state index in [0.717, 1.165) is 43.0 Å². The number of hydrogen-bond donors (Lipinski definition) is 0. The third-order valence-corrected chi connectivity index (χ3v) is 2.85. The molecule has 2 rings (SSSR count). The van der Waals surface area contributed by atoms with Gasteiger partial charge in [0, 0.05) is 40.0 Å². The Balaban J connectivity index is 2.25. The van der Waals surface area contributed by atoms with Gasteiger partial charge in [0.1, 0.15) is 11.3 Å². The number of rotatable bonds is 7. The number of hydrogen-bond acceptors (Lipinski definition) is 4. The molecule has 0 unspecified atom stereocenters. The zero-order valence-electron chi connectivity index (χ0n) is 10.9. The van der Waals surface area contributed by atoms with Crippen LogP contribution in [0.1, 0.15) is 12.2 Å². The molecule has 0 bridgehead atoms. The summed E-state index contributed by atoms with van der Waals surface area (Å²) in [5.41, 5.74) is 1.88. The molecule has 0 spiro atoms. The van der Waals surface area contributed by atoms with E-state index < -0.39 is 0 Å². The Morgan fingerprint density at radius 1 is 1.22 bits per heavy atom. The Morgan fingerprint density at radius 3 is 2.83 bits per heavy atom. The lowest BCUT2D eigenvalue weighted by molar-refractivity contribution is 0.185. The van der Waals surface area contributed by atoms with Crippen molar-refractivity contribution in [2.75, 3.05) is 27.4 Å². The van der Waals surface area contributed by atoms with Gasteiger partial charge < -0.3 is 14.0 Å². The van der Waals surface area contributed by atoms with Crippen molar-refractivity contribution in [3.05, 3.63) is 24.2 Å². The van der Waals surface area contributed by atoms with Gasteiger partial charge in [-0.25, -0.2) is 9.97 Å². The molecular weight excluding hydrogens is 230 g/mol. The highest BCUT2D eigenvalue weighted by atomic mass is 16.5. The van der Waals surface area contributed by atoms with Gasteiger partial charge in [-0.05, 0) is 18.6 Å². The summed E-state index contributed by atoms with van der Waals surface area (Å²) in [4.78, 5) is 9.02. The van der Waals surface area contributed by atoms with Crippen LogP contribution in [0.3, 0.4) is 0 Å². The van der Waals surface area contributed by atoms with E-state index in [9.17, 15) is 0 Å². The minimum Gasteiger partial charge on any atom is -0.385 e. The second-order valence-corrected chi connectivity index (χ2v) is 4.11. The van der Waals surface area contributed by atoms with E-state index in [1.807, 2.05) is 12.1 Å². The lowest BCUT2D eigenvalue weighted by atomic mass is 10.3. The fourth-order valence-electron chi connectivity index (χ4n) is 1.99. The predicted octanol–water partition coefficient (Wildman–Crippen LogP) is 1.66. The van der Waals surface area contributed by atoms with E-state index in [4.69, 9.17) is 9.47 Å². The molecule has 2 aromatic rings. The van der Waals surface area contributed by atoms with Gasteiger partial charge in [-0.3, -0.25) is 0 Å². The maximum Gasteiger partial charge on any atom is 0.160 e. The number of imidazole rings is 1. The van der Waals surface area contributed by atoms with Crippen LogP contribution >= 0.6 is 0 Å². The van der Waals surface area contributed by atoms with Crippen LogP contribution in [-0.4, -0.2) is 42.0 Å². The lowest BCUT2D eigenvalue weighted by Crippen LogP contribution is -2.09. The largest absolute Gasteiger partial charge is 0.385 e. The summed E-state index contributed by atoms with van der Waals surface area (Å²) in [6.45, 7) is 2.20. The molecule has 0 aliphatic rings. The van der Waals surface area contributed by atoms with Gasteiger partial charge in [0.25, 0.3) is 0 Å². The highest BCUT2D eigenvalue weighted by Crippen LogP contribution is 2.14. The van der Waals surface area contributed by atoms with E-state index in [1.165, 1.54) is 0 Å². The molecule has 0 aliphatic carbocycles. The molecule has 0 radical (unpaired) electrons. The summed E-state index contributed by atoms with van der Waals surface area (Å²) < 4.78 is 12.4. The zero-order chi connectivity index (χ0) is 12.8.